The summed E-state index contributed by atoms with van der Waals surface area (Å²) in [7, 11) is 0. The number of carboxylic acid groups (broad SMARTS) is 1. The highest BCUT2D eigenvalue weighted by Gasteiger charge is 2.55. The summed E-state index contributed by atoms with van der Waals surface area (Å²) in [5, 5.41) is 51.9. The number of nitrogen functional groups attached to an aromatic ring is 1. The molecule has 0 saturated heterocycles. The number of nitrogens with zero attached hydrogens (tertiary/aromatic N) is 3. The molecule has 16 bridgehead atoms. The molecule has 5 aromatic carbocycles. The van der Waals surface area contributed by atoms with Crippen molar-refractivity contribution in [3.63, 3.8) is 0 Å². The van der Waals surface area contributed by atoms with E-state index in [1.807, 2.05) is 80.5 Å². The van der Waals surface area contributed by atoms with Crippen molar-refractivity contribution in [3.05, 3.63) is 166 Å². The number of aromatic carboxylic acids is 1. The van der Waals surface area contributed by atoms with Crippen LogP contribution >= 0.6 is 0 Å². The van der Waals surface area contributed by atoms with Crippen molar-refractivity contribution in [2.45, 2.75) is 352 Å². The van der Waals surface area contributed by atoms with Crippen molar-refractivity contribution in [1.29, 1.82) is 0 Å². The van der Waals surface area contributed by atoms with Gasteiger partial charge in [-0.2, -0.15) is 8.78 Å². The normalized spacial score (nSPS) is 29.3. The minimum Gasteiger partial charge on any atom is -0.478 e. The molecule has 18 saturated carbocycles. The molecular weight excluding hydrogens is 1670 g/mol. The summed E-state index contributed by atoms with van der Waals surface area (Å²) in [6.45, 7) is 21.9. The lowest BCUT2D eigenvalue weighted by molar-refractivity contribution is -0.387. The molecule has 23 rings (SSSR count). The van der Waals surface area contributed by atoms with Crippen LogP contribution in [0.3, 0.4) is 0 Å². The van der Waals surface area contributed by atoms with Crippen molar-refractivity contribution in [3.8, 4) is 0 Å². The number of ketones is 1. The molecule has 18 aliphatic carbocycles. The number of nitrogens with two attached hydrogens (primary N) is 2. The van der Waals surface area contributed by atoms with Crippen molar-refractivity contribution in [2.24, 2.45) is 82.7 Å². The number of carboxylic acids is 1. The van der Waals surface area contributed by atoms with Crippen molar-refractivity contribution in [2.75, 3.05) is 21.7 Å². The maximum absolute atomic E-state index is 13.2. The topological polar surface area (TPSA) is 377 Å². The smallest absolute Gasteiger partial charge is 0.338 e. The van der Waals surface area contributed by atoms with Gasteiger partial charge in [0, 0.05) is 58.9 Å². The second-order valence-corrected chi connectivity index (χ2v) is 45.9. The maximum atomic E-state index is 13.2. The van der Waals surface area contributed by atoms with Gasteiger partial charge in [-0.25, -0.2) is 24.0 Å². The largest absolute Gasteiger partial charge is 0.478 e. The number of nitro benzene ring substituents is 3. The highest BCUT2D eigenvalue weighted by molar-refractivity contribution is 5.94. The predicted octanol–water partition coefficient (Wildman–Crippen LogP) is 24.2. The number of rotatable bonds is 16. The lowest BCUT2D eigenvalue weighted by Gasteiger charge is -2.57. The fraction of sp³-hybridized carbons (Fsp3) is 0.654. The molecule has 27 heteroatoms. The van der Waals surface area contributed by atoms with Gasteiger partial charge in [0.15, 0.2) is 0 Å². The first-order valence-corrected chi connectivity index (χ1v) is 48.5. The number of carbonyl (C=O) groups excluding carboxylic acids is 5. The lowest BCUT2D eigenvalue weighted by atomic mass is 9.53. The van der Waals surface area contributed by atoms with Crippen LogP contribution in [0.15, 0.2) is 91.0 Å². The molecule has 714 valence electrons. The number of nitro groups is 3. The van der Waals surface area contributed by atoms with E-state index in [9.17, 15) is 67.9 Å². The van der Waals surface area contributed by atoms with Gasteiger partial charge in [0.1, 0.15) is 33.9 Å². The third kappa shape index (κ3) is 26.9. The van der Waals surface area contributed by atoms with E-state index in [0.717, 1.165) is 164 Å². The van der Waals surface area contributed by atoms with Crippen LogP contribution in [0.1, 0.15) is 359 Å². The Labute approximate surface area is 770 Å². The molecule has 0 spiro atoms. The highest BCUT2D eigenvalue weighted by atomic mass is 19.1. The van der Waals surface area contributed by atoms with E-state index >= 15 is 0 Å². The van der Waals surface area contributed by atoms with Crippen LogP contribution in [-0.2, 0) is 30.2 Å². The maximum Gasteiger partial charge on any atom is 0.338 e. The number of Topliss-reactive ketones (excluding diaryl/α,β-unsaturated/α-hetero) is 1. The number of hydrogen-bond donors (Lipinski definition) is 6. The minimum atomic E-state index is -1.33. The first kappa shape index (κ1) is 98.8. The van der Waals surface area contributed by atoms with Gasteiger partial charge in [-0.3, -0.25) is 35.1 Å². The Morgan fingerprint density at radius 1 is 0.389 bits per heavy atom. The second kappa shape index (κ2) is 40.3. The number of benzene rings is 5. The number of halogens is 2. The summed E-state index contributed by atoms with van der Waals surface area (Å²) in [4.78, 5) is 99.9. The van der Waals surface area contributed by atoms with E-state index in [0.29, 0.717) is 45.5 Å². The number of carbonyl (C=O) groups is 6. The molecule has 18 aliphatic rings. The van der Waals surface area contributed by atoms with Gasteiger partial charge in [0.25, 0.3) is 5.69 Å². The Morgan fingerprint density at radius 3 is 0.977 bits per heavy atom. The molecule has 18 fully saturated rings. The number of hydrogen-bond acceptors (Lipinski definition) is 21. The number of anilines is 4. The summed E-state index contributed by atoms with van der Waals surface area (Å²) in [6, 6.07) is 21.6. The monoisotopic (exact) mass is 1810 g/mol. The van der Waals surface area contributed by atoms with Crippen LogP contribution in [0.5, 0.6) is 0 Å². The van der Waals surface area contributed by atoms with E-state index in [4.69, 9.17) is 35.5 Å². The molecule has 8 N–H and O–H groups in total. The van der Waals surface area contributed by atoms with E-state index in [1.165, 1.54) is 197 Å². The Morgan fingerprint density at radius 2 is 0.664 bits per heavy atom. The van der Waals surface area contributed by atoms with Gasteiger partial charge in [0.2, 0.25) is 11.6 Å². The fourth-order valence-electron chi connectivity index (χ4n) is 26.1. The summed E-state index contributed by atoms with van der Waals surface area (Å²) in [5.74, 6) is 6.66. The summed E-state index contributed by atoms with van der Waals surface area (Å²) < 4.78 is 47.6. The molecule has 5 aromatic rings. The van der Waals surface area contributed by atoms with Crippen LogP contribution in [-0.4, -0.2) is 100 Å². The minimum absolute atomic E-state index is 0.0260. The molecule has 0 amide bonds. The zero-order valence-electron chi connectivity index (χ0n) is 79.1. The van der Waals surface area contributed by atoms with Crippen LogP contribution in [0.4, 0.5) is 48.6 Å². The fourth-order valence-corrected chi connectivity index (χ4v) is 26.1. The van der Waals surface area contributed by atoms with E-state index in [-0.39, 0.29) is 50.3 Å². The van der Waals surface area contributed by atoms with E-state index < -0.39 is 73.2 Å². The Kier molecular flexibility index (Phi) is 30.4. The third-order valence-electron chi connectivity index (χ3n) is 29.5. The molecular formula is C104H142F2N8O17. The first-order chi connectivity index (χ1) is 61.5. The summed E-state index contributed by atoms with van der Waals surface area (Å²) in [5.41, 5.74) is 15.5. The second-order valence-electron chi connectivity index (χ2n) is 45.9. The van der Waals surface area contributed by atoms with Gasteiger partial charge in [-0.15, -0.1) is 0 Å². The number of esters is 4. The molecule has 0 unspecified atom stereocenters. The van der Waals surface area contributed by atoms with Crippen LogP contribution in [0, 0.1) is 119 Å². The third-order valence-corrected chi connectivity index (χ3v) is 29.5. The molecule has 0 aliphatic heterocycles. The van der Waals surface area contributed by atoms with Gasteiger partial charge in [-0.1, -0.05) is 44.6 Å². The van der Waals surface area contributed by atoms with Gasteiger partial charge >= 0.3 is 41.2 Å². The molecule has 0 heterocycles. The van der Waals surface area contributed by atoms with Crippen LogP contribution < -0.4 is 27.4 Å². The average Bonchev–Trinajstić information content (AvgIpc) is 0.808. The zero-order chi connectivity index (χ0) is 94.7. The Balaban J connectivity index is 0.000000136. The highest BCUT2D eigenvalue weighted by Crippen LogP contribution is 2.61. The van der Waals surface area contributed by atoms with Gasteiger partial charge < -0.3 is 51.5 Å². The summed E-state index contributed by atoms with van der Waals surface area (Å²) in [6.07, 6.45) is 45.2. The molecule has 0 aromatic heterocycles. The van der Waals surface area contributed by atoms with Crippen molar-refractivity contribution >= 4 is 75.4 Å². The van der Waals surface area contributed by atoms with E-state index in [2.05, 4.69) is 28.1 Å². The predicted molar refractivity (Wildman–Crippen MR) is 501 cm³/mol. The molecule has 0 atom stereocenters. The van der Waals surface area contributed by atoms with E-state index in [1.54, 1.807) is 32.9 Å². The molecule has 25 nitrogen and oxygen atoms in total. The Bertz CT molecular complexity index is 4860. The van der Waals surface area contributed by atoms with Gasteiger partial charge in [-0.05, 0) is 406 Å². The number of ether oxygens (including phenoxy) is 4. The van der Waals surface area contributed by atoms with Crippen LogP contribution in [0.25, 0.3) is 0 Å². The average molecular weight is 1810 g/mol. The van der Waals surface area contributed by atoms with Crippen molar-refractivity contribution in [1.82, 2.24) is 0 Å². The SMILES string of the molecule is CC(C)(C)OC(=O)c1ccc(CC2CCCCC2)c(NC23CC4CC(CC(C4)C2)C3)c1.CC(C)(C)OC(=O)c1ccc(N)c(NC23CC4CC(CC(C4)C2)C3)c1.CC(C)(C)OC(=O)c1ccc([N+](=O)[O-])c(F)c1.CC(C)(C)OC(=O)c1ccc([N+](=O)[O-])c(NC23CC4CC(CC(C4)C2)C3)c1.NC12CC3CC(CC(C3)C1)C2.O=C(O)c1ccc([N+](=O)[O-])c(F)c1.O=C1CCCCC1. The molecule has 131 heavy (non-hydrogen) atoms. The van der Waals surface area contributed by atoms with Gasteiger partial charge in [0.05, 0.1) is 54.0 Å². The lowest BCUT2D eigenvalue weighted by Crippen LogP contribution is -2.55. The van der Waals surface area contributed by atoms with Crippen LogP contribution in [0.2, 0.25) is 0 Å². The summed E-state index contributed by atoms with van der Waals surface area (Å²) >= 11 is 0. The molecule has 0 radical (unpaired) electrons. The Hall–Kier alpha value is -9.66. The first-order valence-electron chi connectivity index (χ1n) is 48.5. The standard InChI is InChI=1S/C28H41NO2.C21H28N2O4.C21H30N2O2.C11H12FNO4.C10H17N.C7H4FNO4.C6H10O/c1-27(2,3)31-26(30)24-10-9-23(14-19-7-5-4-6-8-19)25(15-24)29-28-16-20-11-21(17-28)13-22(12-20)18-28;1-20(2,3)27-19(24)16-4-5-18(23(25)26)17(9-16)22-21-10-13-6-14(11-21)8-15(7-13)12-21;1-20(2,3)25-19(24)16-4-5-17(22)18(9-16)23-21-10-13-6-14(11-21)8-15(7-13)12-21;1-11(2,3)17-10(14)7-4-5-9(13(15)16)8(12)6-7;11-10-4-7-1-8(5-10)3-9(2-7)6-10;8-5-3-4(7(10)11)1-2-6(5)9(12)13;7-6-4-2-1-3-5-6/h9-10,15,19-22,29H,4-8,11-14,16-18H2,1-3H3;4-5,9,13-15,22H,6-8,10-12H2,1-3H3;4-5,9,13-15,23H,6-8,10-12,22H2,1-3H3;4-6H,1-3H3;7-9H,1-6,11H2;1-3H,(H,10,11);1-5H2. The number of nitrogens with one attached hydrogen (secondary N) is 3. The van der Waals surface area contributed by atoms with Crippen molar-refractivity contribution < 1.29 is 76.4 Å². The zero-order valence-corrected chi connectivity index (χ0v) is 79.1. The quantitative estimate of drug-likeness (QED) is 0.0176.